The van der Waals surface area contributed by atoms with Crippen LogP contribution in [0.25, 0.3) is 22.2 Å². The third kappa shape index (κ3) is 3.70. The van der Waals surface area contributed by atoms with Crippen LogP contribution < -0.4 is 5.32 Å². The molecule has 2 aromatic heterocycles. The number of pyridine rings is 2. The molecular weight excluding hydrogens is 334 g/mol. The van der Waals surface area contributed by atoms with E-state index in [9.17, 15) is 4.79 Å². The molecule has 4 nitrogen and oxygen atoms in total. The van der Waals surface area contributed by atoms with Gasteiger partial charge in [-0.25, -0.2) is 4.98 Å². The molecule has 0 spiro atoms. The number of fused-ring (bicyclic) bond motifs is 1. The van der Waals surface area contributed by atoms with Gasteiger partial charge in [-0.3, -0.25) is 9.78 Å². The van der Waals surface area contributed by atoms with Crippen molar-refractivity contribution in [2.45, 2.75) is 13.5 Å². The van der Waals surface area contributed by atoms with Crippen molar-refractivity contribution in [3.8, 4) is 11.3 Å². The van der Waals surface area contributed by atoms with E-state index in [1.165, 1.54) is 5.56 Å². The summed E-state index contributed by atoms with van der Waals surface area (Å²) in [5.74, 6) is -0.120. The van der Waals surface area contributed by atoms with Crippen molar-refractivity contribution in [2.24, 2.45) is 0 Å². The van der Waals surface area contributed by atoms with E-state index >= 15 is 0 Å². The first-order valence-corrected chi connectivity index (χ1v) is 8.84. The minimum absolute atomic E-state index is 0.120. The summed E-state index contributed by atoms with van der Waals surface area (Å²) in [6.07, 6.45) is 3.47. The second kappa shape index (κ2) is 7.38. The highest BCUT2D eigenvalue weighted by Gasteiger charge is 2.13. The number of amides is 1. The minimum atomic E-state index is -0.120. The van der Waals surface area contributed by atoms with Crippen LogP contribution in [0.1, 0.15) is 21.5 Å². The zero-order chi connectivity index (χ0) is 18.6. The summed E-state index contributed by atoms with van der Waals surface area (Å²) in [4.78, 5) is 21.7. The molecule has 0 atom stereocenters. The van der Waals surface area contributed by atoms with Crippen LogP contribution in [0.4, 0.5) is 0 Å². The average molecular weight is 353 g/mol. The third-order valence-corrected chi connectivity index (χ3v) is 4.48. The maximum atomic E-state index is 12.9. The van der Waals surface area contributed by atoms with Crippen LogP contribution in [-0.4, -0.2) is 15.9 Å². The largest absolute Gasteiger partial charge is 0.348 e. The Bertz CT molecular complexity index is 1090. The van der Waals surface area contributed by atoms with Crippen molar-refractivity contribution in [1.82, 2.24) is 15.3 Å². The van der Waals surface area contributed by atoms with Gasteiger partial charge in [0.05, 0.1) is 16.8 Å². The highest BCUT2D eigenvalue weighted by molar-refractivity contribution is 6.07. The second-order valence-electron chi connectivity index (χ2n) is 6.48. The first-order valence-electron chi connectivity index (χ1n) is 8.84. The normalized spacial score (nSPS) is 10.7. The number of aryl methyl sites for hydroxylation is 1. The number of benzene rings is 2. The van der Waals surface area contributed by atoms with Gasteiger partial charge in [0.15, 0.2) is 0 Å². The first-order chi connectivity index (χ1) is 13.2. The molecule has 0 fully saturated rings. The second-order valence-corrected chi connectivity index (χ2v) is 6.48. The lowest BCUT2D eigenvalue weighted by molar-refractivity contribution is 0.0952. The number of carbonyl (C=O) groups excluding carboxylic acids is 1. The minimum Gasteiger partial charge on any atom is -0.348 e. The van der Waals surface area contributed by atoms with E-state index < -0.39 is 0 Å². The zero-order valence-electron chi connectivity index (χ0n) is 15.0. The molecule has 2 aromatic carbocycles. The lowest BCUT2D eigenvalue weighted by Crippen LogP contribution is -2.23. The van der Waals surface area contributed by atoms with Gasteiger partial charge in [0.1, 0.15) is 0 Å². The summed E-state index contributed by atoms with van der Waals surface area (Å²) in [6, 6.07) is 21.6. The lowest BCUT2D eigenvalue weighted by Gasteiger charge is -2.11. The van der Waals surface area contributed by atoms with Crippen molar-refractivity contribution in [3.63, 3.8) is 0 Å². The maximum Gasteiger partial charge on any atom is 0.252 e. The SMILES string of the molecule is Cc1ccc(-c2cc(C(=O)NCc3cccnc3)c3ccccc3n2)cc1. The molecule has 1 amide bonds. The van der Waals surface area contributed by atoms with Crippen LogP contribution in [0.2, 0.25) is 0 Å². The van der Waals surface area contributed by atoms with Crippen LogP contribution in [0, 0.1) is 6.92 Å². The average Bonchev–Trinajstić information content (AvgIpc) is 2.72. The highest BCUT2D eigenvalue weighted by Crippen LogP contribution is 2.25. The van der Waals surface area contributed by atoms with Crippen molar-refractivity contribution in [3.05, 3.63) is 95.8 Å². The number of hydrogen-bond donors (Lipinski definition) is 1. The standard InChI is InChI=1S/C23H19N3O/c1-16-8-10-18(11-9-16)22-13-20(19-6-2-3-7-21(19)26-22)23(27)25-15-17-5-4-12-24-14-17/h2-14H,15H2,1H3,(H,25,27). The van der Waals surface area contributed by atoms with E-state index in [0.29, 0.717) is 12.1 Å². The quantitative estimate of drug-likeness (QED) is 0.586. The van der Waals surface area contributed by atoms with Crippen LogP contribution in [-0.2, 0) is 6.54 Å². The van der Waals surface area contributed by atoms with Gasteiger partial charge < -0.3 is 5.32 Å². The molecule has 0 bridgehead atoms. The molecule has 0 saturated heterocycles. The van der Waals surface area contributed by atoms with E-state index in [-0.39, 0.29) is 5.91 Å². The third-order valence-electron chi connectivity index (χ3n) is 4.48. The molecule has 0 aliphatic carbocycles. The Morgan fingerprint density at radius 3 is 2.59 bits per heavy atom. The topological polar surface area (TPSA) is 54.9 Å². The van der Waals surface area contributed by atoms with Gasteiger partial charge in [-0.05, 0) is 30.7 Å². The molecule has 4 rings (SSSR count). The Balaban J connectivity index is 1.72. The smallest absolute Gasteiger partial charge is 0.252 e. The molecule has 0 aliphatic rings. The van der Waals surface area contributed by atoms with Gasteiger partial charge in [0.25, 0.3) is 5.91 Å². The summed E-state index contributed by atoms with van der Waals surface area (Å²) < 4.78 is 0. The molecule has 2 heterocycles. The fraction of sp³-hybridized carbons (Fsp3) is 0.0870. The number of nitrogens with one attached hydrogen (secondary N) is 1. The van der Waals surface area contributed by atoms with Crippen molar-refractivity contribution < 1.29 is 4.79 Å². The molecule has 1 N–H and O–H groups in total. The number of rotatable bonds is 4. The Labute approximate surface area is 157 Å². The van der Waals surface area contributed by atoms with Crippen LogP contribution >= 0.6 is 0 Å². The molecule has 0 saturated carbocycles. The molecule has 132 valence electrons. The monoisotopic (exact) mass is 353 g/mol. The van der Waals surface area contributed by atoms with E-state index in [2.05, 4.69) is 17.2 Å². The molecule has 0 radical (unpaired) electrons. The highest BCUT2D eigenvalue weighted by atomic mass is 16.1. The first kappa shape index (κ1) is 16.9. The lowest BCUT2D eigenvalue weighted by atomic mass is 10.0. The van der Waals surface area contributed by atoms with Gasteiger partial charge in [-0.15, -0.1) is 0 Å². The number of aromatic nitrogens is 2. The van der Waals surface area contributed by atoms with Gasteiger partial charge >= 0.3 is 0 Å². The molecule has 0 aliphatic heterocycles. The summed E-state index contributed by atoms with van der Waals surface area (Å²) in [6.45, 7) is 2.48. The zero-order valence-corrected chi connectivity index (χ0v) is 15.0. The predicted molar refractivity (Wildman–Crippen MR) is 107 cm³/mol. The van der Waals surface area contributed by atoms with Crippen molar-refractivity contribution in [2.75, 3.05) is 0 Å². The van der Waals surface area contributed by atoms with E-state index in [0.717, 1.165) is 27.7 Å². The number of carbonyl (C=O) groups is 1. The Morgan fingerprint density at radius 2 is 1.81 bits per heavy atom. The summed E-state index contributed by atoms with van der Waals surface area (Å²) in [7, 11) is 0. The van der Waals surface area contributed by atoms with Crippen LogP contribution in [0.15, 0.2) is 79.1 Å². The van der Waals surface area contributed by atoms with Crippen molar-refractivity contribution >= 4 is 16.8 Å². The summed E-state index contributed by atoms with van der Waals surface area (Å²) in [5, 5.41) is 3.83. The maximum absolute atomic E-state index is 12.9. The van der Waals surface area contributed by atoms with Gasteiger partial charge in [0, 0.05) is 29.9 Å². The molecule has 4 aromatic rings. The molecule has 0 unspecified atom stereocenters. The number of para-hydroxylation sites is 1. The Hall–Kier alpha value is -3.53. The van der Waals surface area contributed by atoms with Crippen LogP contribution in [0.3, 0.4) is 0 Å². The van der Waals surface area contributed by atoms with E-state index in [1.807, 2.05) is 66.7 Å². The molecular formula is C23H19N3O. The van der Waals surface area contributed by atoms with Crippen LogP contribution in [0.5, 0.6) is 0 Å². The van der Waals surface area contributed by atoms with Crippen molar-refractivity contribution in [1.29, 1.82) is 0 Å². The molecule has 4 heteroatoms. The van der Waals surface area contributed by atoms with E-state index in [1.54, 1.807) is 12.4 Å². The van der Waals surface area contributed by atoms with Gasteiger partial charge in [-0.1, -0.05) is 54.1 Å². The Morgan fingerprint density at radius 1 is 1.00 bits per heavy atom. The van der Waals surface area contributed by atoms with Gasteiger partial charge in [-0.2, -0.15) is 0 Å². The fourth-order valence-corrected chi connectivity index (χ4v) is 3.02. The fourth-order valence-electron chi connectivity index (χ4n) is 3.02. The Kier molecular flexibility index (Phi) is 4.62. The van der Waals surface area contributed by atoms with Gasteiger partial charge in [0.2, 0.25) is 0 Å². The number of nitrogens with zero attached hydrogens (tertiary/aromatic N) is 2. The van der Waals surface area contributed by atoms with E-state index in [4.69, 9.17) is 4.98 Å². The summed E-state index contributed by atoms with van der Waals surface area (Å²) >= 11 is 0. The number of hydrogen-bond acceptors (Lipinski definition) is 3. The predicted octanol–water partition coefficient (Wildman–Crippen LogP) is 4.54. The summed E-state index contributed by atoms with van der Waals surface area (Å²) in [5.41, 5.74) is 5.37. The molecule has 27 heavy (non-hydrogen) atoms.